The zero-order chi connectivity index (χ0) is 10.6. The fourth-order valence-corrected chi connectivity index (χ4v) is 1.76. The van der Waals surface area contributed by atoms with E-state index in [0.29, 0.717) is 12.8 Å². The van der Waals surface area contributed by atoms with E-state index in [9.17, 15) is 8.76 Å². The minimum Gasteiger partial charge on any atom is -0.771 e. The summed E-state index contributed by atoms with van der Waals surface area (Å²) < 4.78 is 21.9. The Bertz CT molecular complexity index is 315. The van der Waals surface area contributed by atoms with Crippen molar-refractivity contribution in [3.63, 3.8) is 0 Å². The Labute approximate surface area is 86.6 Å². The van der Waals surface area contributed by atoms with Gasteiger partial charge in [0.2, 0.25) is 0 Å². The molecular formula is C10H14NO2S-. The summed E-state index contributed by atoms with van der Waals surface area (Å²) in [6.45, 7) is 1.78. The molecule has 0 bridgehead atoms. The molecule has 78 valence electrons. The highest BCUT2D eigenvalue weighted by Crippen LogP contribution is 2.17. The third-order valence-corrected chi connectivity index (χ3v) is 3.37. The Balaban J connectivity index is 2.81. The molecule has 2 unspecified atom stereocenters. The first-order valence-corrected chi connectivity index (χ1v) is 5.58. The van der Waals surface area contributed by atoms with Crippen LogP contribution in [0.5, 0.6) is 0 Å². The second kappa shape index (κ2) is 4.68. The lowest BCUT2D eigenvalue weighted by Crippen LogP contribution is -2.45. The first kappa shape index (κ1) is 11.4. The molecular weight excluding hydrogens is 198 g/mol. The van der Waals surface area contributed by atoms with Crippen molar-refractivity contribution in [3.05, 3.63) is 35.9 Å². The van der Waals surface area contributed by atoms with Gasteiger partial charge in [-0.3, -0.25) is 4.21 Å². The summed E-state index contributed by atoms with van der Waals surface area (Å²) in [5, 5.41) is 0. The highest BCUT2D eigenvalue weighted by molar-refractivity contribution is 7.80. The van der Waals surface area contributed by atoms with Crippen LogP contribution in [0.2, 0.25) is 0 Å². The van der Waals surface area contributed by atoms with E-state index in [1.807, 2.05) is 30.3 Å². The number of rotatable bonds is 4. The monoisotopic (exact) mass is 212 g/mol. The molecule has 1 rings (SSSR count). The SMILES string of the molecule is CCC(N)(Cc1ccccc1)S(=O)[O-]. The fraction of sp³-hybridized carbons (Fsp3) is 0.400. The van der Waals surface area contributed by atoms with Gasteiger partial charge in [-0.1, -0.05) is 37.3 Å². The van der Waals surface area contributed by atoms with Crippen LogP contribution in [0.1, 0.15) is 18.9 Å². The first-order chi connectivity index (χ1) is 6.58. The Kier molecular flexibility index (Phi) is 3.80. The molecule has 0 heterocycles. The molecule has 14 heavy (non-hydrogen) atoms. The Hall–Kier alpha value is -0.710. The summed E-state index contributed by atoms with van der Waals surface area (Å²) in [5.41, 5.74) is 6.70. The number of benzene rings is 1. The Morgan fingerprint density at radius 2 is 2.00 bits per heavy atom. The lowest BCUT2D eigenvalue weighted by molar-refractivity contribution is 0.461. The normalized spacial score (nSPS) is 17.4. The van der Waals surface area contributed by atoms with E-state index < -0.39 is 16.0 Å². The predicted octanol–water partition coefficient (Wildman–Crippen LogP) is 1.17. The smallest absolute Gasteiger partial charge is 0.0826 e. The van der Waals surface area contributed by atoms with Crippen LogP contribution in [0.3, 0.4) is 0 Å². The van der Waals surface area contributed by atoms with E-state index in [1.165, 1.54) is 0 Å². The summed E-state index contributed by atoms with van der Waals surface area (Å²) in [7, 11) is 0. The van der Waals surface area contributed by atoms with Crippen LogP contribution in [0.25, 0.3) is 0 Å². The predicted molar refractivity (Wildman–Crippen MR) is 56.3 cm³/mol. The summed E-state index contributed by atoms with van der Waals surface area (Å²) in [5.74, 6) is 0. The average Bonchev–Trinajstić information content (AvgIpc) is 2.19. The van der Waals surface area contributed by atoms with Crippen molar-refractivity contribution < 1.29 is 8.76 Å². The first-order valence-electron chi connectivity index (χ1n) is 4.50. The molecule has 0 aliphatic carbocycles. The van der Waals surface area contributed by atoms with Crippen molar-refractivity contribution >= 4 is 11.1 Å². The van der Waals surface area contributed by atoms with Gasteiger partial charge in [-0.2, -0.15) is 0 Å². The molecule has 3 nitrogen and oxygen atoms in total. The standard InChI is InChI=1S/C10H15NO2S/c1-2-10(11,14(12)13)8-9-6-4-3-5-7-9/h3-7H,2,8,11H2,1H3,(H,12,13)/p-1. The zero-order valence-electron chi connectivity index (χ0n) is 8.10. The molecule has 1 aromatic rings. The third-order valence-electron chi connectivity index (χ3n) is 2.28. The van der Waals surface area contributed by atoms with Crippen LogP contribution in [0.4, 0.5) is 0 Å². The summed E-state index contributed by atoms with van der Waals surface area (Å²) >= 11 is -2.24. The molecule has 0 aromatic heterocycles. The van der Waals surface area contributed by atoms with Crippen LogP contribution in [0.15, 0.2) is 30.3 Å². The van der Waals surface area contributed by atoms with Crippen LogP contribution in [-0.2, 0) is 17.5 Å². The van der Waals surface area contributed by atoms with Gasteiger partial charge >= 0.3 is 0 Å². The van der Waals surface area contributed by atoms with Crippen molar-refractivity contribution in [1.29, 1.82) is 0 Å². The summed E-state index contributed by atoms with van der Waals surface area (Å²) in [4.78, 5) is -1.14. The molecule has 2 atom stereocenters. The number of hydrogen-bond donors (Lipinski definition) is 1. The molecule has 0 spiro atoms. The molecule has 0 saturated carbocycles. The molecule has 0 aliphatic rings. The highest BCUT2D eigenvalue weighted by Gasteiger charge is 2.24. The lowest BCUT2D eigenvalue weighted by Gasteiger charge is -2.30. The maximum Gasteiger partial charge on any atom is 0.0826 e. The van der Waals surface area contributed by atoms with Crippen molar-refractivity contribution in [2.45, 2.75) is 24.6 Å². The molecule has 1 aromatic carbocycles. The number of hydrogen-bond acceptors (Lipinski definition) is 3. The maximum absolute atomic E-state index is 10.9. The van der Waals surface area contributed by atoms with E-state index in [-0.39, 0.29) is 0 Å². The minimum atomic E-state index is -2.24. The fourth-order valence-electron chi connectivity index (χ4n) is 1.24. The largest absolute Gasteiger partial charge is 0.771 e. The van der Waals surface area contributed by atoms with Gasteiger partial charge in [0.1, 0.15) is 0 Å². The van der Waals surface area contributed by atoms with E-state index >= 15 is 0 Å². The van der Waals surface area contributed by atoms with E-state index in [0.717, 1.165) is 5.56 Å². The van der Waals surface area contributed by atoms with Crippen molar-refractivity contribution in [2.24, 2.45) is 5.73 Å². The van der Waals surface area contributed by atoms with E-state index in [2.05, 4.69) is 0 Å². The quantitative estimate of drug-likeness (QED) is 0.762. The summed E-state index contributed by atoms with van der Waals surface area (Å²) in [6, 6.07) is 9.40. The van der Waals surface area contributed by atoms with Gasteiger partial charge in [0.25, 0.3) is 0 Å². The molecule has 0 fully saturated rings. The van der Waals surface area contributed by atoms with Crippen LogP contribution < -0.4 is 5.73 Å². The number of nitrogens with two attached hydrogens (primary N) is 1. The van der Waals surface area contributed by atoms with Crippen molar-refractivity contribution in [1.82, 2.24) is 0 Å². The zero-order valence-corrected chi connectivity index (χ0v) is 8.92. The van der Waals surface area contributed by atoms with E-state index in [1.54, 1.807) is 6.92 Å². The second-order valence-corrected chi connectivity index (χ2v) is 4.60. The van der Waals surface area contributed by atoms with Crippen molar-refractivity contribution in [3.8, 4) is 0 Å². The van der Waals surface area contributed by atoms with Gasteiger partial charge in [0.05, 0.1) is 4.87 Å². The molecule has 0 radical (unpaired) electrons. The van der Waals surface area contributed by atoms with Gasteiger partial charge in [-0.25, -0.2) is 0 Å². The van der Waals surface area contributed by atoms with Crippen LogP contribution in [-0.4, -0.2) is 13.6 Å². The Morgan fingerprint density at radius 3 is 2.43 bits per heavy atom. The van der Waals surface area contributed by atoms with Crippen molar-refractivity contribution in [2.75, 3.05) is 0 Å². The van der Waals surface area contributed by atoms with E-state index in [4.69, 9.17) is 5.73 Å². The molecule has 0 aliphatic heterocycles. The molecule has 4 heteroatoms. The molecule has 2 N–H and O–H groups in total. The molecule has 0 saturated heterocycles. The average molecular weight is 212 g/mol. The highest BCUT2D eigenvalue weighted by atomic mass is 32.2. The molecule has 0 amide bonds. The second-order valence-electron chi connectivity index (χ2n) is 3.32. The van der Waals surface area contributed by atoms with Crippen LogP contribution >= 0.6 is 0 Å². The van der Waals surface area contributed by atoms with Gasteiger partial charge in [-0.15, -0.1) is 0 Å². The Morgan fingerprint density at radius 1 is 1.43 bits per heavy atom. The van der Waals surface area contributed by atoms with Gasteiger partial charge < -0.3 is 10.3 Å². The topological polar surface area (TPSA) is 66.2 Å². The van der Waals surface area contributed by atoms with Gasteiger partial charge in [-0.05, 0) is 23.1 Å². The lowest BCUT2D eigenvalue weighted by atomic mass is 10.0. The van der Waals surface area contributed by atoms with Gasteiger partial charge in [0.15, 0.2) is 0 Å². The summed E-state index contributed by atoms with van der Waals surface area (Å²) in [6.07, 6.45) is 0.776. The van der Waals surface area contributed by atoms with Gasteiger partial charge in [0, 0.05) is 6.42 Å². The van der Waals surface area contributed by atoms with Crippen LogP contribution in [0, 0.1) is 0 Å². The maximum atomic E-state index is 10.9. The minimum absolute atomic E-state index is 0.362. The third kappa shape index (κ3) is 2.64.